The molecule has 2 rings (SSSR count). The van der Waals surface area contributed by atoms with Crippen molar-refractivity contribution in [1.29, 1.82) is 5.26 Å². The first kappa shape index (κ1) is 19.1. The summed E-state index contributed by atoms with van der Waals surface area (Å²) in [6, 6.07) is 8.67. The van der Waals surface area contributed by atoms with E-state index in [0.29, 0.717) is 11.5 Å². The highest BCUT2D eigenvalue weighted by molar-refractivity contribution is 6.03. The summed E-state index contributed by atoms with van der Waals surface area (Å²) >= 11 is 0. The van der Waals surface area contributed by atoms with Gasteiger partial charge >= 0.3 is 0 Å². The van der Waals surface area contributed by atoms with Gasteiger partial charge in [-0.1, -0.05) is 12.1 Å². The van der Waals surface area contributed by atoms with Crippen molar-refractivity contribution < 1.29 is 19.4 Å². The van der Waals surface area contributed by atoms with Crippen molar-refractivity contribution in [2.45, 2.75) is 33.4 Å². The highest BCUT2D eigenvalue weighted by Gasteiger charge is 2.28. The van der Waals surface area contributed by atoms with Crippen molar-refractivity contribution in [2.75, 3.05) is 7.11 Å². The molecule has 1 heterocycles. The number of rotatable bonds is 6. The van der Waals surface area contributed by atoms with E-state index in [1.165, 1.54) is 21.0 Å². The predicted octanol–water partition coefficient (Wildman–Crippen LogP) is 2.41. The minimum absolute atomic E-state index is 0.0922. The standard InChI is InChI=1S/C19H20N2O5/c1-5-21-18(23)13(10-20)11(2)16(19(21)24)17(22)12(3)26-15-9-7-6-8-14(15)25-4/h6-9,12,24H,5H2,1-4H3. The van der Waals surface area contributed by atoms with Crippen molar-refractivity contribution in [3.63, 3.8) is 0 Å². The number of carbonyl (C=O) groups is 1. The Hall–Kier alpha value is -3.27. The van der Waals surface area contributed by atoms with Gasteiger partial charge in [-0.05, 0) is 38.5 Å². The van der Waals surface area contributed by atoms with E-state index >= 15 is 0 Å². The van der Waals surface area contributed by atoms with Crippen molar-refractivity contribution in [2.24, 2.45) is 0 Å². The molecule has 0 fully saturated rings. The lowest BCUT2D eigenvalue weighted by molar-refractivity contribution is 0.0808. The summed E-state index contributed by atoms with van der Waals surface area (Å²) in [7, 11) is 1.49. The first-order valence-electron chi connectivity index (χ1n) is 8.07. The van der Waals surface area contributed by atoms with Crippen LogP contribution in [-0.4, -0.2) is 28.7 Å². The Balaban J connectivity index is 2.50. The molecule has 0 saturated heterocycles. The van der Waals surface area contributed by atoms with Crippen LogP contribution >= 0.6 is 0 Å². The quantitative estimate of drug-likeness (QED) is 0.798. The summed E-state index contributed by atoms with van der Waals surface area (Å²) in [5.74, 6) is -0.166. The average Bonchev–Trinajstić information content (AvgIpc) is 2.62. The number of pyridine rings is 1. The fourth-order valence-electron chi connectivity index (χ4n) is 2.70. The molecular weight excluding hydrogens is 336 g/mol. The molecule has 1 unspecified atom stereocenters. The molecule has 1 aromatic carbocycles. The number of hydrogen-bond donors (Lipinski definition) is 1. The Morgan fingerprint density at radius 3 is 2.50 bits per heavy atom. The van der Waals surface area contributed by atoms with Crippen LogP contribution in [0.2, 0.25) is 0 Å². The molecule has 0 aliphatic carbocycles. The van der Waals surface area contributed by atoms with Crippen molar-refractivity contribution in [1.82, 2.24) is 4.57 Å². The highest BCUT2D eigenvalue weighted by Crippen LogP contribution is 2.29. The summed E-state index contributed by atoms with van der Waals surface area (Å²) in [6.45, 7) is 4.76. The first-order chi connectivity index (χ1) is 12.4. The van der Waals surface area contributed by atoms with E-state index in [-0.39, 0.29) is 23.2 Å². The van der Waals surface area contributed by atoms with Crippen molar-refractivity contribution >= 4 is 5.78 Å². The van der Waals surface area contributed by atoms with Gasteiger partial charge in [-0.2, -0.15) is 5.26 Å². The number of Topliss-reactive ketones (excluding diaryl/α,β-unsaturated/α-hetero) is 1. The normalized spacial score (nSPS) is 11.5. The SMILES string of the molecule is CCn1c(O)c(C(=O)C(C)Oc2ccccc2OC)c(C)c(C#N)c1=O. The number of nitrogens with zero attached hydrogens (tertiary/aromatic N) is 2. The Morgan fingerprint density at radius 2 is 1.96 bits per heavy atom. The summed E-state index contributed by atoms with van der Waals surface area (Å²) < 4.78 is 11.9. The zero-order valence-corrected chi connectivity index (χ0v) is 15.1. The molecule has 0 radical (unpaired) electrons. The van der Waals surface area contributed by atoms with Crippen LogP contribution in [0.1, 0.15) is 35.3 Å². The monoisotopic (exact) mass is 356 g/mol. The molecular formula is C19H20N2O5. The summed E-state index contributed by atoms with van der Waals surface area (Å²) in [5.41, 5.74) is -0.747. The van der Waals surface area contributed by atoms with E-state index in [0.717, 1.165) is 4.57 Å². The number of carbonyl (C=O) groups excluding carboxylic acids is 1. The van der Waals surface area contributed by atoms with Gasteiger partial charge in [0.1, 0.15) is 11.6 Å². The van der Waals surface area contributed by atoms with Crippen LogP contribution in [0.15, 0.2) is 29.1 Å². The minimum Gasteiger partial charge on any atom is -0.494 e. The molecule has 0 amide bonds. The lowest BCUT2D eigenvalue weighted by atomic mass is 9.99. The van der Waals surface area contributed by atoms with Gasteiger partial charge < -0.3 is 14.6 Å². The van der Waals surface area contributed by atoms with Crippen LogP contribution in [0.3, 0.4) is 0 Å². The van der Waals surface area contributed by atoms with E-state index in [9.17, 15) is 20.0 Å². The van der Waals surface area contributed by atoms with Crippen LogP contribution in [0.25, 0.3) is 0 Å². The molecule has 0 aliphatic heterocycles. The third-order valence-electron chi connectivity index (χ3n) is 4.10. The summed E-state index contributed by atoms with van der Waals surface area (Å²) in [6.07, 6.45) is -0.967. The summed E-state index contributed by atoms with van der Waals surface area (Å²) in [5, 5.41) is 19.7. The van der Waals surface area contributed by atoms with Gasteiger partial charge in [-0.3, -0.25) is 14.2 Å². The number of hydrogen-bond acceptors (Lipinski definition) is 6. The molecule has 26 heavy (non-hydrogen) atoms. The maximum Gasteiger partial charge on any atom is 0.271 e. The van der Waals surface area contributed by atoms with Crippen molar-refractivity contribution in [3.05, 3.63) is 51.3 Å². The topological polar surface area (TPSA) is 102 Å². The Bertz CT molecular complexity index is 940. The van der Waals surface area contributed by atoms with Crippen LogP contribution in [-0.2, 0) is 6.54 Å². The number of ketones is 1. The van der Waals surface area contributed by atoms with Gasteiger partial charge in [0.25, 0.3) is 5.56 Å². The molecule has 0 saturated carbocycles. The second-order valence-corrected chi connectivity index (χ2v) is 5.64. The average molecular weight is 356 g/mol. The number of aromatic hydroxyl groups is 1. The maximum absolute atomic E-state index is 12.9. The lowest BCUT2D eigenvalue weighted by Gasteiger charge is -2.19. The zero-order valence-electron chi connectivity index (χ0n) is 15.1. The number of aromatic nitrogens is 1. The van der Waals surface area contributed by atoms with E-state index in [1.807, 2.05) is 6.07 Å². The largest absolute Gasteiger partial charge is 0.494 e. The molecule has 1 atom stereocenters. The molecule has 1 N–H and O–H groups in total. The minimum atomic E-state index is -0.967. The van der Waals surface area contributed by atoms with Gasteiger partial charge in [0.05, 0.1) is 12.7 Å². The van der Waals surface area contributed by atoms with Crippen LogP contribution in [0.4, 0.5) is 0 Å². The van der Waals surface area contributed by atoms with Crippen LogP contribution < -0.4 is 15.0 Å². The third-order valence-corrected chi connectivity index (χ3v) is 4.10. The molecule has 0 aliphatic rings. The smallest absolute Gasteiger partial charge is 0.271 e. The van der Waals surface area contributed by atoms with E-state index in [2.05, 4.69) is 0 Å². The number of ether oxygens (including phenoxy) is 2. The molecule has 7 heteroatoms. The van der Waals surface area contributed by atoms with E-state index in [4.69, 9.17) is 9.47 Å². The Morgan fingerprint density at radius 1 is 1.35 bits per heavy atom. The second-order valence-electron chi connectivity index (χ2n) is 5.64. The highest BCUT2D eigenvalue weighted by atomic mass is 16.5. The second kappa shape index (κ2) is 7.74. The molecule has 136 valence electrons. The predicted molar refractivity (Wildman–Crippen MR) is 94.9 cm³/mol. The lowest BCUT2D eigenvalue weighted by Crippen LogP contribution is -2.30. The van der Waals surface area contributed by atoms with Crippen LogP contribution in [0.5, 0.6) is 17.4 Å². The first-order valence-corrected chi connectivity index (χ1v) is 8.07. The Labute approximate surface area is 151 Å². The fourth-order valence-corrected chi connectivity index (χ4v) is 2.70. The third kappa shape index (κ3) is 3.26. The van der Waals surface area contributed by atoms with E-state index < -0.39 is 23.3 Å². The maximum atomic E-state index is 12.9. The van der Waals surface area contributed by atoms with Crippen LogP contribution in [0, 0.1) is 18.3 Å². The Kier molecular flexibility index (Phi) is 5.68. The molecule has 2 aromatic rings. The van der Waals surface area contributed by atoms with E-state index in [1.54, 1.807) is 31.2 Å². The van der Waals surface area contributed by atoms with Gasteiger partial charge in [0.15, 0.2) is 17.6 Å². The van der Waals surface area contributed by atoms with Gasteiger partial charge in [-0.25, -0.2) is 0 Å². The van der Waals surface area contributed by atoms with Gasteiger partial charge in [0, 0.05) is 6.54 Å². The number of methoxy groups -OCH3 is 1. The van der Waals surface area contributed by atoms with Gasteiger partial charge in [-0.15, -0.1) is 0 Å². The molecule has 7 nitrogen and oxygen atoms in total. The number of benzene rings is 1. The number of nitriles is 1. The van der Waals surface area contributed by atoms with Crippen molar-refractivity contribution in [3.8, 4) is 23.4 Å². The fraction of sp³-hybridized carbons (Fsp3) is 0.316. The molecule has 1 aromatic heterocycles. The molecule has 0 bridgehead atoms. The van der Waals surface area contributed by atoms with Gasteiger partial charge in [0.2, 0.25) is 11.7 Å². The summed E-state index contributed by atoms with van der Waals surface area (Å²) in [4.78, 5) is 25.1. The molecule has 0 spiro atoms. The number of para-hydroxylation sites is 2. The zero-order chi connectivity index (χ0) is 19.4.